The maximum absolute atomic E-state index is 10.1. The molecule has 0 spiro atoms. The maximum Gasteiger partial charge on any atom is 0.0853 e. The lowest BCUT2D eigenvalue weighted by atomic mass is 9.90. The highest BCUT2D eigenvalue weighted by Crippen LogP contribution is 2.23. The molecule has 0 aliphatic carbocycles. The Morgan fingerprint density at radius 3 is 2.21 bits per heavy atom. The molecule has 1 aliphatic heterocycles. The molecule has 14 heavy (non-hydrogen) atoms. The van der Waals surface area contributed by atoms with Crippen LogP contribution in [-0.2, 0) is 0 Å². The Balaban J connectivity index is 2.55. The molecule has 82 valence electrons. The van der Waals surface area contributed by atoms with Crippen LogP contribution in [0, 0.1) is 0 Å². The fourth-order valence-corrected chi connectivity index (χ4v) is 1.53. The van der Waals surface area contributed by atoms with Crippen molar-refractivity contribution in [2.45, 2.75) is 37.9 Å². The first-order valence-electron chi connectivity index (χ1n) is 5.14. The lowest BCUT2D eigenvalue weighted by molar-refractivity contribution is 0.0242. The summed E-state index contributed by atoms with van der Waals surface area (Å²) in [6.07, 6.45) is 4.92. The minimum atomic E-state index is -0.834. The predicted molar refractivity (Wildman–Crippen MR) is 57.1 cm³/mol. The highest BCUT2D eigenvalue weighted by atomic mass is 16.3. The van der Waals surface area contributed by atoms with Crippen molar-refractivity contribution < 1.29 is 10.2 Å². The molecule has 1 rings (SSSR count). The van der Waals surface area contributed by atoms with Crippen LogP contribution in [0.2, 0.25) is 0 Å². The molecule has 1 aliphatic rings. The van der Waals surface area contributed by atoms with E-state index in [1.54, 1.807) is 26.0 Å². The number of hydrogen-bond donors (Lipinski definition) is 2. The van der Waals surface area contributed by atoms with Gasteiger partial charge < -0.3 is 15.1 Å². The van der Waals surface area contributed by atoms with Gasteiger partial charge in [-0.3, -0.25) is 0 Å². The van der Waals surface area contributed by atoms with Crippen LogP contribution in [-0.4, -0.2) is 46.5 Å². The summed E-state index contributed by atoms with van der Waals surface area (Å²) in [5.74, 6) is 0. The Bertz CT molecular complexity index is 210. The lowest BCUT2D eigenvalue weighted by Crippen LogP contribution is -2.41. The van der Waals surface area contributed by atoms with Crippen molar-refractivity contribution in [3.05, 3.63) is 12.2 Å². The third kappa shape index (κ3) is 3.78. The number of rotatable bonds is 2. The number of piperidine rings is 1. The second-order valence-electron chi connectivity index (χ2n) is 4.89. The Morgan fingerprint density at radius 2 is 1.79 bits per heavy atom. The summed E-state index contributed by atoms with van der Waals surface area (Å²) >= 11 is 0. The van der Waals surface area contributed by atoms with Gasteiger partial charge in [-0.1, -0.05) is 12.2 Å². The molecule has 1 saturated heterocycles. The van der Waals surface area contributed by atoms with Gasteiger partial charge in [0, 0.05) is 13.1 Å². The van der Waals surface area contributed by atoms with Gasteiger partial charge in [0.05, 0.1) is 11.2 Å². The highest BCUT2D eigenvalue weighted by molar-refractivity contribution is 5.08. The van der Waals surface area contributed by atoms with Crippen LogP contribution in [0.15, 0.2) is 12.2 Å². The fraction of sp³-hybridized carbons (Fsp3) is 0.818. The standard InChI is InChI=1S/C11H21NO2/c1-10(2,13)4-5-11(14)6-8-12(3)9-7-11/h4-5,13-14H,6-9H2,1-3H3/b5-4-. The summed E-state index contributed by atoms with van der Waals surface area (Å²) < 4.78 is 0. The molecular formula is C11H21NO2. The first-order chi connectivity index (χ1) is 6.31. The Kier molecular flexibility index (Phi) is 3.35. The van der Waals surface area contributed by atoms with Crippen molar-refractivity contribution >= 4 is 0 Å². The summed E-state index contributed by atoms with van der Waals surface area (Å²) in [4.78, 5) is 2.20. The third-order valence-electron chi connectivity index (χ3n) is 2.65. The van der Waals surface area contributed by atoms with Crippen LogP contribution >= 0.6 is 0 Å². The summed E-state index contributed by atoms with van der Waals surface area (Å²) in [6, 6.07) is 0. The number of nitrogens with zero attached hydrogens (tertiary/aromatic N) is 1. The smallest absolute Gasteiger partial charge is 0.0853 e. The van der Waals surface area contributed by atoms with E-state index < -0.39 is 11.2 Å². The molecule has 0 unspecified atom stereocenters. The summed E-state index contributed by atoms with van der Waals surface area (Å²) in [5, 5.41) is 19.6. The average molecular weight is 199 g/mol. The molecule has 1 fully saturated rings. The molecule has 0 aromatic carbocycles. The van der Waals surface area contributed by atoms with Crippen LogP contribution < -0.4 is 0 Å². The van der Waals surface area contributed by atoms with Gasteiger partial charge in [-0.15, -0.1) is 0 Å². The largest absolute Gasteiger partial charge is 0.386 e. The van der Waals surface area contributed by atoms with Gasteiger partial charge in [0.2, 0.25) is 0 Å². The monoisotopic (exact) mass is 199 g/mol. The van der Waals surface area contributed by atoms with Crippen molar-refractivity contribution in [2.75, 3.05) is 20.1 Å². The molecular weight excluding hydrogens is 178 g/mol. The maximum atomic E-state index is 10.1. The quantitative estimate of drug-likeness (QED) is 0.646. The number of likely N-dealkylation sites (tertiary alicyclic amines) is 1. The molecule has 1 heterocycles. The molecule has 3 heteroatoms. The van der Waals surface area contributed by atoms with Crippen LogP contribution in [0.25, 0.3) is 0 Å². The van der Waals surface area contributed by atoms with E-state index in [1.807, 2.05) is 0 Å². The van der Waals surface area contributed by atoms with Gasteiger partial charge in [0.25, 0.3) is 0 Å². The van der Waals surface area contributed by atoms with E-state index in [9.17, 15) is 10.2 Å². The van der Waals surface area contributed by atoms with E-state index in [0.717, 1.165) is 25.9 Å². The predicted octanol–water partition coefficient (Wildman–Crippen LogP) is 0.770. The van der Waals surface area contributed by atoms with E-state index in [-0.39, 0.29) is 0 Å². The van der Waals surface area contributed by atoms with E-state index in [0.29, 0.717) is 0 Å². The van der Waals surface area contributed by atoms with Gasteiger partial charge in [0.15, 0.2) is 0 Å². The molecule has 0 atom stereocenters. The third-order valence-corrected chi connectivity index (χ3v) is 2.65. The van der Waals surface area contributed by atoms with Crippen molar-refractivity contribution in [1.29, 1.82) is 0 Å². The van der Waals surface area contributed by atoms with Crippen LogP contribution in [0.4, 0.5) is 0 Å². The minimum Gasteiger partial charge on any atom is -0.386 e. The number of aliphatic hydroxyl groups is 2. The Morgan fingerprint density at radius 1 is 1.29 bits per heavy atom. The summed E-state index contributed by atoms with van der Waals surface area (Å²) in [6.45, 7) is 5.24. The van der Waals surface area contributed by atoms with Gasteiger partial charge in [-0.25, -0.2) is 0 Å². The zero-order valence-corrected chi connectivity index (χ0v) is 9.32. The molecule has 0 aromatic heterocycles. The van der Waals surface area contributed by atoms with Gasteiger partial charge in [-0.2, -0.15) is 0 Å². The molecule has 0 radical (unpaired) electrons. The first-order valence-corrected chi connectivity index (χ1v) is 5.14. The van der Waals surface area contributed by atoms with Crippen LogP contribution in [0.3, 0.4) is 0 Å². The molecule has 0 aromatic rings. The number of hydrogen-bond acceptors (Lipinski definition) is 3. The SMILES string of the molecule is CN1CCC(O)(/C=C\C(C)(C)O)CC1. The van der Waals surface area contributed by atoms with Crippen LogP contribution in [0.1, 0.15) is 26.7 Å². The van der Waals surface area contributed by atoms with Crippen molar-refractivity contribution in [3.63, 3.8) is 0 Å². The fourth-order valence-electron chi connectivity index (χ4n) is 1.53. The normalized spacial score (nSPS) is 24.4. The van der Waals surface area contributed by atoms with Crippen molar-refractivity contribution in [3.8, 4) is 0 Å². The average Bonchev–Trinajstić information content (AvgIpc) is 2.07. The summed E-state index contributed by atoms with van der Waals surface area (Å²) in [7, 11) is 2.05. The van der Waals surface area contributed by atoms with Gasteiger partial charge in [0.1, 0.15) is 0 Å². The molecule has 2 N–H and O–H groups in total. The first kappa shape index (κ1) is 11.7. The zero-order valence-electron chi connectivity index (χ0n) is 9.32. The Labute approximate surface area is 86.0 Å². The van der Waals surface area contributed by atoms with E-state index >= 15 is 0 Å². The van der Waals surface area contributed by atoms with Crippen molar-refractivity contribution in [2.24, 2.45) is 0 Å². The van der Waals surface area contributed by atoms with Crippen LogP contribution in [0.5, 0.6) is 0 Å². The summed E-state index contributed by atoms with van der Waals surface area (Å²) in [5.41, 5.74) is -1.55. The van der Waals surface area contributed by atoms with E-state index in [4.69, 9.17) is 0 Å². The molecule has 0 bridgehead atoms. The topological polar surface area (TPSA) is 43.7 Å². The van der Waals surface area contributed by atoms with E-state index in [2.05, 4.69) is 11.9 Å². The van der Waals surface area contributed by atoms with Crippen molar-refractivity contribution in [1.82, 2.24) is 4.90 Å². The second kappa shape index (κ2) is 4.01. The van der Waals surface area contributed by atoms with Gasteiger partial charge >= 0.3 is 0 Å². The molecule has 3 nitrogen and oxygen atoms in total. The molecule has 0 saturated carbocycles. The van der Waals surface area contributed by atoms with Gasteiger partial charge in [-0.05, 0) is 33.7 Å². The zero-order chi connectivity index (χ0) is 10.8. The second-order valence-corrected chi connectivity index (χ2v) is 4.89. The minimum absolute atomic E-state index is 0.716. The Hall–Kier alpha value is -0.380. The molecule has 0 amide bonds. The lowest BCUT2D eigenvalue weighted by Gasteiger charge is -2.34. The van der Waals surface area contributed by atoms with E-state index in [1.165, 1.54) is 0 Å². The highest BCUT2D eigenvalue weighted by Gasteiger charge is 2.28.